The molecule has 2 atom stereocenters. The van der Waals surface area contributed by atoms with E-state index in [2.05, 4.69) is 36.7 Å². The van der Waals surface area contributed by atoms with Crippen LogP contribution in [-0.2, 0) is 0 Å². The van der Waals surface area contributed by atoms with Crippen molar-refractivity contribution in [2.24, 2.45) is 11.3 Å². The Hall–Kier alpha value is -1.71. The maximum Gasteiger partial charge on any atom is 0.318 e. The van der Waals surface area contributed by atoms with Crippen LogP contribution < -0.4 is 16.0 Å². The maximum absolute atomic E-state index is 11.2. The smallest absolute Gasteiger partial charge is 0.318 e. The molecule has 0 aliphatic heterocycles. The van der Waals surface area contributed by atoms with Crippen molar-refractivity contribution in [1.29, 1.82) is 0 Å². The standard InChI is InChI=1S/C16H25N3O/c1-11-9-16(2,3)10-14(11)18-12-5-7-13(8-6-12)19-15(20)17-4/h5-8,11,14,18H,9-10H2,1-4H3,(H2,17,19,20). The van der Waals surface area contributed by atoms with Gasteiger partial charge in [-0.3, -0.25) is 0 Å². The lowest BCUT2D eigenvalue weighted by Crippen LogP contribution is -2.24. The van der Waals surface area contributed by atoms with E-state index in [4.69, 9.17) is 0 Å². The second-order valence-electron chi connectivity index (χ2n) is 6.58. The van der Waals surface area contributed by atoms with E-state index in [1.54, 1.807) is 7.05 Å². The maximum atomic E-state index is 11.2. The van der Waals surface area contributed by atoms with Crippen molar-refractivity contribution >= 4 is 17.4 Å². The average Bonchev–Trinajstić information content (AvgIpc) is 2.64. The summed E-state index contributed by atoms with van der Waals surface area (Å²) in [6.07, 6.45) is 2.47. The number of urea groups is 1. The molecule has 0 radical (unpaired) electrons. The van der Waals surface area contributed by atoms with Gasteiger partial charge in [-0.25, -0.2) is 4.79 Å². The van der Waals surface area contributed by atoms with Gasteiger partial charge >= 0.3 is 6.03 Å². The van der Waals surface area contributed by atoms with E-state index in [0.717, 1.165) is 11.4 Å². The Morgan fingerprint density at radius 3 is 2.25 bits per heavy atom. The quantitative estimate of drug-likeness (QED) is 0.788. The largest absolute Gasteiger partial charge is 0.382 e. The topological polar surface area (TPSA) is 53.2 Å². The summed E-state index contributed by atoms with van der Waals surface area (Å²) in [6.45, 7) is 6.98. The molecule has 20 heavy (non-hydrogen) atoms. The van der Waals surface area contributed by atoms with Gasteiger partial charge in [-0.1, -0.05) is 20.8 Å². The number of amides is 2. The molecule has 0 aromatic heterocycles. The number of carbonyl (C=O) groups excluding carboxylic acids is 1. The lowest BCUT2D eigenvalue weighted by molar-refractivity contribution is 0.254. The van der Waals surface area contributed by atoms with E-state index >= 15 is 0 Å². The van der Waals surface area contributed by atoms with Crippen LogP contribution in [0.15, 0.2) is 24.3 Å². The Balaban J connectivity index is 1.96. The fraction of sp³-hybridized carbons (Fsp3) is 0.562. The third-order valence-corrected chi connectivity index (χ3v) is 4.06. The van der Waals surface area contributed by atoms with Gasteiger partial charge in [0.1, 0.15) is 0 Å². The molecular weight excluding hydrogens is 250 g/mol. The second-order valence-corrected chi connectivity index (χ2v) is 6.58. The summed E-state index contributed by atoms with van der Waals surface area (Å²) in [5, 5.41) is 8.90. The molecule has 2 rings (SSSR count). The highest BCUT2D eigenvalue weighted by Crippen LogP contribution is 2.42. The molecule has 3 N–H and O–H groups in total. The summed E-state index contributed by atoms with van der Waals surface area (Å²) in [5.74, 6) is 0.689. The van der Waals surface area contributed by atoms with E-state index in [9.17, 15) is 4.79 Å². The van der Waals surface area contributed by atoms with Crippen molar-refractivity contribution < 1.29 is 4.79 Å². The minimum absolute atomic E-state index is 0.197. The average molecular weight is 275 g/mol. The molecule has 4 nitrogen and oxygen atoms in total. The molecule has 0 spiro atoms. The summed E-state index contributed by atoms with van der Waals surface area (Å²) in [6, 6.07) is 8.21. The molecule has 1 aliphatic rings. The van der Waals surface area contributed by atoms with E-state index < -0.39 is 0 Å². The van der Waals surface area contributed by atoms with Crippen LogP contribution in [0.1, 0.15) is 33.6 Å². The Morgan fingerprint density at radius 1 is 1.15 bits per heavy atom. The first kappa shape index (κ1) is 14.7. The number of hydrogen-bond donors (Lipinski definition) is 3. The zero-order valence-corrected chi connectivity index (χ0v) is 12.8. The van der Waals surface area contributed by atoms with Crippen LogP contribution in [0.5, 0.6) is 0 Å². The molecule has 1 fully saturated rings. The molecule has 0 saturated heterocycles. The van der Waals surface area contributed by atoms with E-state index in [-0.39, 0.29) is 6.03 Å². The Bertz CT molecular complexity index is 467. The summed E-state index contributed by atoms with van der Waals surface area (Å²) < 4.78 is 0. The van der Waals surface area contributed by atoms with E-state index in [1.807, 2.05) is 24.3 Å². The van der Waals surface area contributed by atoms with Crippen LogP contribution >= 0.6 is 0 Å². The highest BCUT2D eigenvalue weighted by Gasteiger charge is 2.36. The van der Waals surface area contributed by atoms with Crippen LogP contribution in [0.3, 0.4) is 0 Å². The molecule has 1 aromatic rings. The van der Waals surface area contributed by atoms with E-state index in [1.165, 1.54) is 12.8 Å². The van der Waals surface area contributed by atoms with Gasteiger partial charge in [0.25, 0.3) is 0 Å². The molecule has 1 saturated carbocycles. The van der Waals surface area contributed by atoms with Crippen LogP contribution in [0, 0.1) is 11.3 Å². The first-order chi connectivity index (χ1) is 9.39. The summed E-state index contributed by atoms with van der Waals surface area (Å²) in [4.78, 5) is 11.2. The Kier molecular flexibility index (Phi) is 4.21. The van der Waals surface area contributed by atoms with Crippen LogP contribution in [-0.4, -0.2) is 19.1 Å². The molecule has 1 aliphatic carbocycles. The van der Waals surface area contributed by atoms with Gasteiger partial charge in [0.15, 0.2) is 0 Å². The second kappa shape index (κ2) is 5.73. The monoisotopic (exact) mass is 275 g/mol. The number of hydrogen-bond acceptors (Lipinski definition) is 2. The fourth-order valence-corrected chi connectivity index (χ4v) is 3.14. The van der Waals surface area contributed by atoms with Crippen LogP contribution in [0.2, 0.25) is 0 Å². The van der Waals surface area contributed by atoms with Gasteiger partial charge in [0.2, 0.25) is 0 Å². The van der Waals surface area contributed by atoms with Crippen molar-refractivity contribution in [3.05, 3.63) is 24.3 Å². The first-order valence-corrected chi connectivity index (χ1v) is 7.25. The Labute approximate surface area is 121 Å². The van der Waals surface area contributed by atoms with Crippen molar-refractivity contribution in [3.63, 3.8) is 0 Å². The van der Waals surface area contributed by atoms with Crippen molar-refractivity contribution in [2.45, 2.75) is 39.7 Å². The molecule has 110 valence electrons. The van der Waals surface area contributed by atoms with Crippen LogP contribution in [0.25, 0.3) is 0 Å². The van der Waals surface area contributed by atoms with Crippen molar-refractivity contribution in [3.8, 4) is 0 Å². The highest BCUT2D eigenvalue weighted by molar-refractivity contribution is 5.89. The SMILES string of the molecule is CNC(=O)Nc1ccc(NC2CC(C)(C)CC2C)cc1. The minimum atomic E-state index is -0.197. The molecule has 4 heteroatoms. The summed E-state index contributed by atoms with van der Waals surface area (Å²) in [7, 11) is 1.61. The fourth-order valence-electron chi connectivity index (χ4n) is 3.14. The molecule has 0 bridgehead atoms. The molecule has 2 unspecified atom stereocenters. The first-order valence-electron chi connectivity index (χ1n) is 7.25. The molecule has 0 heterocycles. The molecule has 2 amide bonds. The number of anilines is 2. The Morgan fingerprint density at radius 2 is 1.75 bits per heavy atom. The van der Waals surface area contributed by atoms with E-state index in [0.29, 0.717) is 17.4 Å². The van der Waals surface area contributed by atoms with Crippen molar-refractivity contribution in [1.82, 2.24) is 5.32 Å². The number of carbonyl (C=O) groups is 1. The third kappa shape index (κ3) is 3.65. The van der Waals surface area contributed by atoms with Gasteiger partial charge in [-0.15, -0.1) is 0 Å². The van der Waals surface area contributed by atoms with Gasteiger partial charge in [0.05, 0.1) is 0 Å². The predicted octanol–water partition coefficient (Wildman–Crippen LogP) is 3.67. The lowest BCUT2D eigenvalue weighted by atomic mass is 9.91. The summed E-state index contributed by atoms with van der Waals surface area (Å²) >= 11 is 0. The van der Waals surface area contributed by atoms with Gasteiger partial charge in [-0.05, 0) is 48.4 Å². The number of rotatable bonds is 3. The third-order valence-electron chi connectivity index (χ3n) is 4.06. The zero-order chi connectivity index (χ0) is 14.8. The normalized spacial score (nSPS) is 24.2. The van der Waals surface area contributed by atoms with Gasteiger partial charge in [0, 0.05) is 24.5 Å². The van der Waals surface area contributed by atoms with Gasteiger partial charge in [-0.2, -0.15) is 0 Å². The number of nitrogens with one attached hydrogen (secondary N) is 3. The van der Waals surface area contributed by atoms with Crippen molar-refractivity contribution in [2.75, 3.05) is 17.7 Å². The van der Waals surface area contributed by atoms with Gasteiger partial charge < -0.3 is 16.0 Å². The molecular formula is C16H25N3O. The predicted molar refractivity (Wildman–Crippen MR) is 84.1 cm³/mol. The van der Waals surface area contributed by atoms with Crippen LogP contribution in [0.4, 0.5) is 16.2 Å². The summed E-state index contributed by atoms with van der Waals surface area (Å²) in [5.41, 5.74) is 2.34. The molecule has 1 aromatic carbocycles. The highest BCUT2D eigenvalue weighted by atomic mass is 16.2. The minimum Gasteiger partial charge on any atom is -0.382 e. The lowest BCUT2D eigenvalue weighted by Gasteiger charge is -2.20. The zero-order valence-electron chi connectivity index (χ0n) is 12.8. The number of benzene rings is 1.